The van der Waals surface area contributed by atoms with Crippen molar-refractivity contribution in [2.24, 2.45) is 11.8 Å². The number of phenolic OH excluding ortho intramolecular Hbond substituents is 1. The molecule has 6 amide bonds. The number of benzene rings is 1. The number of phenols is 1. The van der Waals surface area contributed by atoms with Crippen LogP contribution in [0.1, 0.15) is 45.6 Å². The molecule has 3 heterocycles. The van der Waals surface area contributed by atoms with E-state index >= 15 is 0 Å². The average molecular weight is 1000 g/mol. The standard InChI is InChI=1S/C40H63N7O19S.Na/c1-18-9-23(51)13-41-38(60)33-34(56)19(2)14-47(33)40(62)32(27(54)7-8-45(4)22(16-48)17-49)44-37(59)31(28(55)10-21-5-6-26(53)29(11-21)64-67-66-65-63)43-36(58)25-12-24(52)15-46(25)39(61)30(20(3)50)42-35(18)57;/h5-6,11,18-20,22-25,27-28,30-34,48-56,63H,7-10,12-17H2,1-4H3,(H,41,60)(H,42,57)(H,43,58)(H,44,59);/q;+1/p-1/t18?,19-,20+,23+,24+,25-,27+,28+,30-,31-,32-,33-,34-;/m0./s1. The Balaban J connectivity index is 0.0000122. The first kappa shape index (κ1) is 58.8. The topological polar surface area (TPSA) is 393 Å². The van der Waals surface area contributed by atoms with Gasteiger partial charge < -0.3 is 86.5 Å². The molecule has 1 aromatic carbocycles. The van der Waals surface area contributed by atoms with E-state index in [0.717, 1.165) is 21.9 Å². The fraction of sp³-hybridized carbons (Fsp3) is 0.700. The van der Waals surface area contributed by atoms with Crippen LogP contribution in [-0.4, -0.2) is 215 Å². The van der Waals surface area contributed by atoms with Gasteiger partial charge in [0, 0.05) is 50.9 Å². The van der Waals surface area contributed by atoms with E-state index in [4.69, 9.17) is 4.18 Å². The number of aliphatic hydroxyl groups excluding tert-OH is 8. The molecule has 0 aromatic heterocycles. The number of likely N-dealkylation sites (N-methyl/N-ethyl adjacent to an activating group) is 1. The summed E-state index contributed by atoms with van der Waals surface area (Å²) in [7, 11) is 1.50. The summed E-state index contributed by atoms with van der Waals surface area (Å²) in [6.07, 6.45) is -11.2. The molecule has 0 bridgehead atoms. The number of carbonyl (C=O) groups excluding carboxylic acids is 6. The molecule has 378 valence electrons. The molecule has 68 heavy (non-hydrogen) atoms. The molecule has 13 atom stereocenters. The molecule has 0 radical (unpaired) electrons. The fourth-order valence-corrected chi connectivity index (χ4v) is 8.42. The van der Waals surface area contributed by atoms with Crippen molar-refractivity contribution in [1.82, 2.24) is 36.0 Å². The molecule has 3 aliphatic rings. The van der Waals surface area contributed by atoms with Crippen molar-refractivity contribution in [2.45, 2.75) is 119 Å². The summed E-state index contributed by atoms with van der Waals surface area (Å²) in [5.41, 5.74) is 0.128. The van der Waals surface area contributed by atoms with Gasteiger partial charge in [-0.1, -0.05) is 19.9 Å². The maximum absolute atomic E-state index is 14.7. The van der Waals surface area contributed by atoms with Crippen LogP contribution in [-0.2, 0) is 44.6 Å². The zero-order valence-corrected chi connectivity index (χ0v) is 41.1. The number of fused-ring (bicyclic) bond motifs is 2. The Labute approximate surface area is 417 Å². The Hall–Kier alpha value is -3.49. The van der Waals surface area contributed by atoms with Crippen LogP contribution in [0.2, 0.25) is 0 Å². The summed E-state index contributed by atoms with van der Waals surface area (Å²) < 4.78 is 9.12. The van der Waals surface area contributed by atoms with E-state index in [0.29, 0.717) is 0 Å². The Kier molecular flexibility index (Phi) is 23.5. The van der Waals surface area contributed by atoms with Gasteiger partial charge in [0.25, 0.3) is 12.3 Å². The normalized spacial score (nSPS) is 29.5. The van der Waals surface area contributed by atoms with Crippen LogP contribution in [0.5, 0.6) is 11.5 Å². The second-order valence-electron chi connectivity index (χ2n) is 17.3. The average Bonchev–Trinajstić information content (AvgIpc) is 3.83. The van der Waals surface area contributed by atoms with Crippen LogP contribution < -0.4 is 60.3 Å². The third-order valence-electron chi connectivity index (χ3n) is 12.2. The molecule has 0 spiro atoms. The minimum Gasteiger partial charge on any atom is -0.691 e. The minimum absolute atomic E-state index is 0. The molecule has 3 fully saturated rings. The number of rotatable bonds is 15. The maximum atomic E-state index is 14.7. The smallest absolute Gasteiger partial charge is 0.691 e. The molecule has 3 saturated heterocycles. The second kappa shape index (κ2) is 27.2. The molecule has 3 aliphatic heterocycles. The van der Waals surface area contributed by atoms with Crippen LogP contribution in [0.15, 0.2) is 18.2 Å². The summed E-state index contributed by atoms with van der Waals surface area (Å²) in [5.74, 6) is -8.94. The second-order valence-corrected chi connectivity index (χ2v) is 17.7. The first-order valence-electron chi connectivity index (χ1n) is 21.6. The van der Waals surface area contributed by atoms with Gasteiger partial charge in [0.05, 0.1) is 55.9 Å². The van der Waals surface area contributed by atoms with Crippen LogP contribution in [0.4, 0.5) is 0 Å². The monoisotopic (exact) mass is 999 g/mol. The van der Waals surface area contributed by atoms with Gasteiger partial charge in [0.2, 0.25) is 35.4 Å². The zero-order valence-electron chi connectivity index (χ0n) is 38.2. The predicted molar refractivity (Wildman–Crippen MR) is 226 cm³/mol. The van der Waals surface area contributed by atoms with Gasteiger partial charge in [-0.15, -0.1) is 4.33 Å². The summed E-state index contributed by atoms with van der Waals surface area (Å²) in [6.45, 7) is 1.78. The van der Waals surface area contributed by atoms with Gasteiger partial charge in [-0.2, -0.15) is 0 Å². The molecule has 1 aromatic rings. The maximum Gasteiger partial charge on any atom is 1.00 e. The van der Waals surface area contributed by atoms with Crippen molar-refractivity contribution in [3.63, 3.8) is 0 Å². The van der Waals surface area contributed by atoms with E-state index in [2.05, 4.69) is 30.6 Å². The first-order chi connectivity index (χ1) is 31.6. The number of β-amino-alcohol motifs (C(OH)–C–C–N with tert-alkyl or cyclic N) is 1. The summed E-state index contributed by atoms with van der Waals surface area (Å²) >= 11 is 0.0235. The molecule has 13 N–H and O–H groups in total. The van der Waals surface area contributed by atoms with E-state index in [9.17, 15) is 80.0 Å². The van der Waals surface area contributed by atoms with Crippen LogP contribution >= 0.6 is 12.3 Å². The van der Waals surface area contributed by atoms with E-state index in [1.807, 2.05) is 0 Å². The number of aliphatic hydroxyl groups is 8. The van der Waals surface area contributed by atoms with Crippen molar-refractivity contribution in [1.29, 1.82) is 0 Å². The molecular weight excluding hydrogens is 938 g/mol. The Morgan fingerprint density at radius 1 is 0.838 bits per heavy atom. The number of nitrogens with one attached hydrogen (secondary N) is 4. The molecule has 1 unspecified atom stereocenters. The molecule has 28 heteroatoms. The summed E-state index contributed by atoms with van der Waals surface area (Å²) in [5, 5.41) is 120. The Morgan fingerprint density at radius 2 is 1.47 bits per heavy atom. The Bertz CT molecular complexity index is 1870. The third-order valence-corrected chi connectivity index (χ3v) is 12.5. The molecular formula is C40H62N7NaO19S. The van der Waals surface area contributed by atoms with Crippen LogP contribution in [0.25, 0.3) is 0 Å². The number of amides is 6. The first-order valence-corrected chi connectivity index (χ1v) is 22.2. The van der Waals surface area contributed by atoms with Crippen LogP contribution in [0, 0.1) is 11.8 Å². The number of nitrogens with zero attached hydrogens (tertiary/aromatic N) is 3. The van der Waals surface area contributed by atoms with Crippen LogP contribution in [0.3, 0.4) is 0 Å². The molecule has 0 aliphatic carbocycles. The van der Waals surface area contributed by atoms with Gasteiger partial charge >= 0.3 is 29.6 Å². The summed E-state index contributed by atoms with van der Waals surface area (Å²) in [4.78, 5) is 88.0. The fourth-order valence-electron chi connectivity index (χ4n) is 8.17. The van der Waals surface area contributed by atoms with Gasteiger partial charge in [0.1, 0.15) is 30.2 Å². The number of carbonyl (C=O) groups is 6. The van der Waals surface area contributed by atoms with Crippen molar-refractivity contribution in [3.05, 3.63) is 23.8 Å². The largest absolute Gasteiger partial charge is 1.00 e. The van der Waals surface area contributed by atoms with E-state index in [-0.39, 0.29) is 79.1 Å². The van der Waals surface area contributed by atoms with Crippen molar-refractivity contribution in [3.8, 4) is 11.5 Å². The van der Waals surface area contributed by atoms with Gasteiger partial charge in [-0.25, -0.2) is 0 Å². The number of aromatic hydroxyl groups is 1. The zero-order chi connectivity index (χ0) is 49.9. The molecule has 26 nitrogen and oxygen atoms in total. The van der Waals surface area contributed by atoms with E-state index in [1.54, 1.807) is 0 Å². The van der Waals surface area contributed by atoms with E-state index in [1.165, 1.54) is 38.8 Å². The quantitative estimate of drug-likeness (QED) is 0.0255. The van der Waals surface area contributed by atoms with Crippen molar-refractivity contribution >= 4 is 47.8 Å². The SMILES string of the molecule is CC1C[C@@H](O)CNC(=O)[C@@H]2[C@@H](O)[C@@H](C)CN2C(=O)[C@H]([C@H](O)CCN(C)C(CO)CO)NC(=O)[C@H]([C@H](O)Cc2ccc(O)c(OSOO[O-])c2)NC(=O)[C@@H]2C[C@@H](O)CN2C(=O)[C@H]([C@@H](C)O)NC1=O.[Na+]. The number of hydrogen-bond donors (Lipinski definition) is 13. The van der Waals surface area contributed by atoms with Crippen molar-refractivity contribution in [2.75, 3.05) is 46.4 Å². The van der Waals surface area contributed by atoms with Gasteiger partial charge in [0.15, 0.2) is 11.5 Å². The minimum atomic E-state index is -2.09. The molecule has 4 rings (SSSR count). The predicted octanol–water partition coefficient (Wildman–Crippen LogP) is -9.98. The molecule has 0 saturated carbocycles. The third kappa shape index (κ3) is 15.3. The number of hydrogen-bond acceptors (Lipinski definition) is 21. The van der Waals surface area contributed by atoms with Crippen molar-refractivity contribution < 1.29 is 123 Å². The Morgan fingerprint density at radius 3 is 2.10 bits per heavy atom. The summed E-state index contributed by atoms with van der Waals surface area (Å²) in [6, 6.07) is -6.26. The van der Waals surface area contributed by atoms with E-state index < -0.39 is 165 Å². The van der Waals surface area contributed by atoms with Gasteiger partial charge in [-0.05, 0) is 44.5 Å². The van der Waals surface area contributed by atoms with Gasteiger partial charge in [-0.3, -0.25) is 38.7 Å².